The molecular weight excluding hydrogens is 378 g/mol. The zero-order valence-electron chi connectivity index (χ0n) is 15.3. The van der Waals surface area contributed by atoms with Crippen LogP contribution >= 0.6 is 0 Å². The number of phenolic OH excluding ortho intramolecular Hbond substituents is 1. The summed E-state index contributed by atoms with van der Waals surface area (Å²) < 4.78 is 5.88. The fourth-order valence-electron chi connectivity index (χ4n) is 2.65. The normalized spacial score (nSPS) is 10.5. The Hall–Kier alpha value is -4.14. The first-order valence-corrected chi connectivity index (χ1v) is 8.46. The molecule has 0 aliphatic carbocycles. The number of phenols is 1. The first kappa shape index (κ1) is 19.6. The molecule has 4 N–H and O–H groups in total. The Labute approximate surface area is 164 Å². The van der Waals surface area contributed by atoms with Crippen molar-refractivity contribution in [1.82, 2.24) is 9.55 Å². The summed E-state index contributed by atoms with van der Waals surface area (Å²) in [6.45, 7) is -0.704. The van der Waals surface area contributed by atoms with Crippen LogP contribution in [0.4, 0.5) is 5.82 Å². The number of nitrogens with one attached hydrogen (secondary N) is 1. The lowest BCUT2D eigenvalue weighted by molar-refractivity contribution is 0.0474. The number of H-pyrrole nitrogens is 1. The summed E-state index contributed by atoms with van der Waals surface area (Å²) in [6.07, 6.45) is 0. The number of carbonyl (C=O) groups excluding carboxylic acids is 2. The molecule has 0 bridgehead atoms. The number of nitrogens with zero attached hydrogens (tertiary/aromatic N) is 1. The Bertz CT molecular complexity index is 1190. The summed E-state index contributed by atoms with van der Waals surface area (Å²) in [5.74, 6) is -1.74. The highest BCUT2D eigenvalue weighted by Gasteiger charge is 2.20. The number of benzene rings is 2. The van der Waals surface area contributed by atoms with Gasteiger partial charge in [-0.05, 0) is 35.4 Å². The monoisotopic (exact) mass is 395 g/mol. The summed E-state index contributed by atoms with van der Waals surface area (Å²) in [6, 6.07) is 13.0. The standard InChI is InChI=1S/C20H17N3O6/c1-23-17(21)16(18(26)22-20(23)28)15(25)10-29-19(27)13-4-2-11(3-5-13)12-6-8-14(24)9-7-12/h2-9,24H,10,21H2,1H3,(H,22,26,28). The van der Waals surface area contributed by atoms with Crippen molar-refractivity contribution in [2.75, 3.05) is 12.3 Å². The molecule has 9 nitrogen and oxygen atoms in total. The number of ketones is 1. The van der Waals surface area contributed by atoms with Gasteiger partial charge in [-0.1, -0.05) is 24.3 Å². The van der Waals surface area contributed by atoms with Gasteiger partial charge in [0.15, 0.2) is 6.61 Å². The second-order valence-electron chi connectivity index (χ2n) is 6.20. The number of rotatable bonds is 5. The molecule has 0 aliphatic rings. The van der Waals surface area contributed by atoms with Crippen molar-refractivity contribution in [1.29, 1.82) is 0 Å². The molecule has 0 aliphatic heterocycles. The average Bonchev–Trinajstić information content (AvgIpc) is 2.71. The molecule has 2 aromatic carbocycles. The molecule has 0 amide bonds. The van der Waals surface area contributed by atoms with Gasteiger partial charge in [0.2, 0.25) is 5.78 Å². The van der Waals surface area contributed by atoms with Gasteiger partial charge in [-0.25, -0.2) is 9.59 Å². The van der Waals surface area contributed by atoms with E-state index in [0.717, 1.165) is 15.7 Å². The highest BCUT2D eigenvalue weighted by Crippen LogP contribution is 2.22. The van der Waals surface area contributed by atoms with Crippen molar-refractivity contribution in [3.05, 3.63) is 80.5 Å². The number of esters is 1. The van der Waals surface area contributed by atoms with E-state index < -0.39 is 35.2 Å². The quantitative estimate of drug-likeness (QED) is 0.433. The van der Waals surface area contributed by atoms with Gasteiger partial charge >= 0.3 is 11.7 Å². The van der Waals surface area contributed by atoms with Crippen LogP contribution in [-0.4, -0.2) is 33.0 Å². The third-order valence-electron chi connectivity index (χ3n) is 4.30. The lowest BCUT2D eigenvalue weighted by Crippen LogP contribution is -2.35. The highest BCUT2D eigenvalue weighted by molar-refractivity contribution is 6.02. The Morgan fingerprint density at radius 3 is 2.17 bits per heavy atom. The Morgan fingerprint density at radius 2 is 1.59 bits per heavy atom. The number of nitrogen functional groups attached to an aromatic ring is 1. The molecule has 0 saturated heterocycles. The van der Waals surface area contributed by atoms with Crippen molar-refractivity contribution >= 4 is 17.6 Å². The van der Waals surface area contributed by atoms with Crippen LogP contribution in [0.25, 0.3) is 11.1 Å². The lowest BCUT2D eigenvalue weighted by Gasteiger charge is -2.09. The Kier molecular flexibility index (Phi) is 5.31. The van der Waals surface area contributed by atoms with Gasteiger partial charge in [-0.3, -0.25) is 19.1 Å². The molecule has 0 atom stereocenters. The Balaban J connectivity index is 1.70. The molecular formula is C20H17N3O6. The van der Waals surface area contributed by atoms with Crippen LogP contribution in [0, 0.1) is 0 Å². The first-order valence-electron chi connectivity index (χ1n) is 8.46. The molecule has 1 heterocycles. The van der Waals surface area contributed by atoms with Crippen LogP contribution in [0.3, 0.4) is 0 Å². The second kappa shape index (κ2) is 7.85. The van der Waals surface area contributed by atoms with E-state index in [4.69, 9.17) is 10.5 Å². The number of ether oxygens (including phenoxy) is 1. The Morgan fingerprint density at radius 1 is 1.03 bits per heavy atom. The number of aromatic hydroxyl groups is 1. The summed E-state index contributed by atoms with van der Waals surface area (Å²) in [5, 5.41) is 9.33. The zero-order chi connectivity index (χ0) is 21.1. The van der Waals surface area contributed by atoms with Gasteiger partial charge in [-0.2, -0.15) is 0 Å². The van der Waals surface area contributed by atoms with Crippen LogP contribution in [-0.2, 0) is 11.8 Å². The minimum atomic E-state index is -0.940. The van der Waals surface area contributed by atoms with Crippen LogP contribution in [0.5, 0.6) is 5.75 Å². The van der Waals surface area contributed by atoms with Gasteiger partial charge < -0.3 is 15.6 Å². The molecule has 0 unspecified atom stereocenters. The van der Waals surface area contributed by atoms with E-state index in [9.17, 15) is 24.3 Å². The third kappa shape index (κ3) is 4.08. The fourth-order valence-corrected chi connectivity index (χ4v) is 2.65. The number of Topliss-reactive ketones (excluding diaryl/α,β-unsaturated/α-hetero) is 1. The van der Waals surface area contributed by atoms with E-state index in [-0.39, 0.29) is 17.1 Å². The number of aromatic nitrogens is 2. The average molecular weight is 395 g/mol. The number of carbonyl (C=O) groups is 2. The highest BCUT2D eigenvalue weighted by atomic mass is 16.5. The van der Waals surface area contributed by atoms with E-state index in [1.807, 2.05) is 4.98 Å². The lowest BCUT2D eigenvalue weighted by atomic mass is 10.0. The van der Waals surface area contributed by atoms with Gasteiger partial charge in [0.25, 0.3) is 5.56 Å². The van der Waals surface area contributed by atoms with Gasteiger partial charge in [0, 0.05) is 7.05 Å². The molecule has 0 radical (unpaired) electrons. The van der Waals surface area contributed by atoms with E-state index in [1.165, 1.54) is 19.2 Å². The molecule has 0 saturated carbocycles. The molecule has 0 spiro atoms. The molecule has 3 rings (SSSR count). The molecule has 29 heavy (non-hydrogen) atoms. The molecule has 0 fully saturated rings. The first-order chi connectivity index (χ1) is 13.8. The molecule has 148 valence electrons. The predicted octanol–water partition coefficient (Wildman–Crippen LogP) is 1.07. The number of nitrogens with two attached hydrogens (primary N) is 1. The van der Waals surface area contributed by atoms with Crippen molar-refractivity contribution in [3.63, 3.8) is 0 Å². The third-order valence-corrected chi connectivity index (χ3v) is 4.30. The molecule has 1 aromatic heterocycles. The van der Waals surface area contributed by atoms with Gasteiger partial charge in [0.05, 0.1) is 5.56 Å². The minimum absolute atomic E-state index is 0.150. The van der Waals surface area contributed by atoms with Crippen LogP contribution in [0.2, 0.25) is 0 Å². The zero-order valence-corrected chi connectivity index (χ0v) is 15.3. The topological polar surface area (TPSA) is 144 Å². The predicted molar refractivity (Wildman–Crippen MR) is 105 cm³/mol. The van der Waals surface area contributed by atoms with Crippen molar-refractivity contribution in [3.8, 4) is 16.9 Å². The van der Waals surface area contributed by atoms with Crippen LogP contribution in [0.1, 0.15) is 20.7 Å². The maximum absolute atomic E-state index is 12.2. The van der Waals surface area contributed by atoms with E-state index in [1.54, 1.807) is 36.4 Å². The number of hydrogen-bond acceptors (Lipinski definition) is 7. The smallest absolute Gasteiger partial charge is 0.338 e. The fraction of sp³-hybridized carbons (Fsp3) is 0.100. The van der Waals surface area contributed by atoms with Crippen LogP contribution < -0.4 is 17.0 Å². The van der Waals surface area contributed by atoms with Gasteiger partial charge in [0.1, 0.15) is 17.1 Å². The van der Waals surface area contributed by atoms with Gasteiger partial charge in [-0.15, -0.1) is 0 Å². The second-order valence-corrected chi connectivity index (χ2v) is 6.20. The molecule has 3 aromatic rings. The van der Waals surface area contributed by atoms with Crippen molar-refractivity contribution < 1.29 is 19.4 Å². The number of aromatic amines is 1. The van der Waals surface area contributed by atoms with E-state index >= 15 is 0 Å². The maximum atomic E-state index is 12.2. The molecule has 9 heteroatoms. The van der Waals surface area contributed by atoms with Crippen molar-refractivity contribution in [2.24, 2.45) is 7.05 Å². The number of hydrogen-bond donors (Lipinski definition) is 3. The maximum Gasteiger partial charge on any atom is 0.338 e. The van der Waals surface area contributed by atoms with E-state index in [2.05, 4.69) is 0 Å². The summed E-state index contributed by atoms with van der Waals surface area (Å²) in [4.78, 5) is 49.7. The minimum Gasteiger partial charge on any atom is -0.508 e. The summed E-state index contributed by atoms with van der Waals surface area (Å²) >= 11 is 0. The summed E-state index contributed by atoms with van der Waals surface area (Å²) in [5.41, 5.74) is 5.39. The largest absolute Gasteiger partial charge is 0.508 e. The van der Waals surface area contributed by atoms with Crippen LogP contribution in [0.15, 0.2) is 58.1 Å². The van der Waals surface area contributed by atoms with Crippen molar-refractivity contribution in [2.45, 2.75) is 0 Å². The summed E-state index contributed by atoms with van der Waals surface area (Å²) in [7, 11) is 1.30. The SMILES string of the molecule is Cn1c(N)c(C(=O)COC(=O)c2ccc(-c3ccc(O)cc3)cc2)c(=O)[nH]c1=O. The van der Waals surface area contributed by atoms with E-state index in [0.29, 0.717) is 0 Å². The number of anilines is 1.